The number of anilines is 1. The Labute approximate surface area is 165 Å². The van der Waals surface area contributed by atoms with Gasteiger partial charge in [0.25, 0.3) is 0 Å². The van der Waals surface area contributed by atoms with Gasteiger partial charge in [0.05, 0.1) is 22.7 Å². The molecule has 146 valence electrons. The third kappa shape index (κ3) is 4.07. The van der Waals surface area contributed by atoms with E-state index in [0.29, 0.717) is 12.8 Å². The molecular formula is C20H17ClF3N3O. The molecule has 1 fully saturated rings. The number of halogens is 4. The fourth-order valence-electron chi connectivity index (χ4n) is 3.37. The number of carbonyl (C=O) groups is 1. The maximum absolute atomic E-state index is 13.2. The first-order chi connectivity index (χ1) is 13.2. The molecule has 0 unspecified atom stereocenters. The third-order valence-corrected chi connectivity index (χ3v) is 5.21. The number of rotatable bonds is 2. The SMILES string of the molecule is N#CC1(c2ccccc2)CCN(C(=O)Nc2ccc(Cl)cc2C(F)(F)F)CC1. The summed E-state index contributed by atoms with van der Waals surface area (Å²) in [6.07, 6.45) is -3.82. The van der Waals surface area contributed by atoms with Crippen molar-refractivity contribution in [1.82, 2.24) is 4.90 Å². The van der Waals surface area contributed by atoms with Crippen LogP contribution in [-0.4, -0.2) is 24.0 Å². The predicted molar refractivity (Wildman–Crippen MR) is 100 cm³/mol. The average molecular weight is 408 g/mol. The summed E-state index contributed by atoms with van der Waals surface area (Å²) in [6, 6.07) is 14.3. The molecule has 0 aromatic heterocycles. The Morgan fingerprint density at radius 2 is 1.79 bits per heavy atom. The van der Waals surface area contributed by atoms with Gasteiger partial charge >= 0.3 is 12.2 Å². The molecule has 0 saturated carbocycles. The molecule has 1 aliphatic heterocycles. The quantitative estimate of drug-likeness (QED) is 0.719. The molecule has 1 heterocycles. The van der Waals surface area contributed by atoms with E-state index in [9.17, 15) is 23.2 Å². The van der Waals surface area contributed by atoms with Crippen LogP contribution in [0.2, 0.25) is 5.02 Å². The zero-order valence-electron chi connectivity index (χ0n) is 14.8. The molecule has 0 atom stereocenters. The van der Waals surface area contributed by atoms with E-state index in [1.165, 1.54) is 11.0 Å². The highest BCUT2D eigenvalue weighted by Crippen LogP contribution is 2.38. The molecule has 0 spiro atoms. The number of likely N-dealkylation sites (tertiary alicyclic amines) is 1. The first kappa shape index (κ1) is 20.0. The van der Waals surface area contributed by atoms with Crippen molar-refractivity contribution in [3.05, 3.63) is 64.7 Å². The summed E-state index contributed by atoms with van der Waals surface area (Å²) in [6.45, 7) is 0.534. The van der Waals surface area contributed by atoms with Crippen molar-refractivity contribution in [1.29, 1.82) is 5.26 Å². The Bertz CT molecular complexity index is 901. The van der Waals surface area contributed by atoms with Crippen LogP contribution in [0.5, 0.6) is 0 Å². The van der Waals surface area contributed by atoms with Gasteiger partial charge in [-0.05, 0) is 36.6 Å². The van der Waals surface area contributed by atoms with Crippen LogP contribution in [0.1, 0.15) is 24.0 Å². The van der Waals surface area contributed by atoms with Crippen molar-refractivity contribution in [3.63, 3.8) is 0 Å². The molecule has 0 radical (unpaired) electrons. The fourth-order valence-corrected chi connectivity index (χ4v) is 3.54. The van der Waals surface area contributed by atoms with Crippen LogP contribution in [0.3, 0.4) is 0 Å². The number of hydrogen-bond donors (Lipinski definition) is 1. The number of nitrogens with one attached hydrogen (secondary N) is 1. The smallest absolute Gasteiger partial charge is 0.324 e. The summed E-state index contributed by atoms with van der Waals surface area (Å²) in [4.78, 5) is 13.9. The van der Waals surface area contributed by atoms with Crippen molar-refractivity contribution in [3.8, 4) is 6.07 Å². The Kier molecular flexibility index (Phi) is 5.52. The van der Waals surface area contributed by atoms with Gasteiger partial charge in [-0.2, -0.15) is 18.4 Å². The van der Waals surface area contributed by atoms with E-state index < -0.39 is 23.2 Å². The molecule has 2 aromatic carbocycles. The van der Waals surface area contributed by atoms with Crippen LogP contribution in [0.15, 0.2) is 48.5 Å². The van der Waals surface area contributed by atoms with Crippen LogP contribution < -0.4 is 5.32 Å². The lowest BCUT2D eigenvalue weighted by Gasteiger charge is -2.37. The van der Waals surface area contributed by atoms with E-state index in [4.69, 9.17) is 11.6 Å². The van der Waals surface area contributed by atoms with Crippen molar-refractivity contribution in [2.75, 3.05) is 18.4 Å². The van der Waals surface area contributed by atoms with Gasteiger partial charge in [0.2, 0.25) is 0 Å². The van der Waals surface area contributed by atoms with E-state index in [2.05, 4.69) is 11.4 Å². The molecule has 3 rings (SSSR count). The van der Waals surface area contributed by atoms with Crippen molar-refractivity contribution in [2.45, 2.75) is 24.4 Å². The lowest BCUT2D eigenvalue weighted by atomic mass is 9.74. The standard InChI is InChI=1S/C20H17ClF3N3O/c21-15-6-7-17(16(12-15)20(22,23)24)26-18(28)27-10-8-19(13-25,9-11-27)14-4-2-1-3-5-14/h1-7,12H,8-11H2,(H,26,28). The summed E-state index contributed by atoms with van der Waals surface area (Å²) in [7, 11) is 0. The van der Waals surface area contributed by atoms with E-state index >= 15 is 0 Å². The van der Waals surface area contributed by atoms with Gasteiger partial charge in [-0.15, -0.1) is 0 Å². The highest BCUT2D eigenvalue weighted by Gasteiger charge is 2.38. The minimum absolute atomic E-state index is 0.0649. The fraction of sp³-hybridized carbons (Fsp3) is 0.300. The van der Waals surface area contributed by atoms with Gasteiger partial charge in [-0.3, -0.25) is 0 Å². The van der Waals surface area contributed by atoms with E-state index in [-0.39, 0.29) is 23.8 Å². The maximum atomic E-state index is 13.2. The van der Waals surface area contributed by atoms with Crippen molar-refractivity contribution in [2.24, 2.45) is 0 Å². The first-order valence-corrected chi connectivity index (χ1v) is 9.02. The van der Waals surface area contributed by atoms with Gasteiger partial charge < -0.3 is 10.2 Å². The number of amides is 2. The monoisotopic (exact) mass is 407 g/mol. The summed E-state index contributed by atoms with van der Waals surface area (Å²) in [5.41, 5.74) is -1.16. The number of carbonyl (C=O) groups excluding carboxylic acids is 1. The van der Waals surface area contributed by atoms with Gasteiger partial charge in [0.15, 0.2) is 0 Å². The molecule has 28 heavy (non-hydrogen) atoms. The van der Waals surface area contributed by atoms with Crippen LogP contribution >= 0.6 is 11.6 Å². The maximum Gasteiger partial charge on any atom is 0.418 e. The Morgan fingerprint density at radius 3 is 2.36 bits per heavy atom. The summed E-state index contributed by atoms with van der Waals surface area (Å²) < 4.78 is 39.6. The van der Waals surface area contributed by atoms with E-state index in [1.807, 2.05) is 30.3 Å². The largest absolute Gasteiger partial charge is 0.418 e. The van der Waals surface area contributed by atoms with Crippen LogP contribution in [-0.2, 0) is 11.6 Å². The molecule has 1 saturated heterocycles. The zero-order valence-corrected chi connectivity index (χ0v) is 15.5. The van der Waals surface area contributed by atoms with Crippen LogP contribution in [0.4, 0.5) is 23.7 Å². The van der Waals surface area contributed by atoms with Gasteiger partial charge in [-0.25, -0.2) is 4.79 Å². The van der Waals surface area contributed by atoms with Gasteiger partial charge in [0, 0.05) is 18.1 Å². The normalized spacial score (nSPS) is 16.3. The lowest BCUT2D eigenvalue weighted by molar-refractivity contribution is -0.136. The highest BCUT2D eigenvalue weighted by atomic mass is 35.5. The van der Waals surface area contributed by atoms with Crippen molar-refractivity contribution >= 4 is 23.3 Å². The number of benzene rings is 2. The Morgan fingerprint density at radius 1 is 1.14 bits per heavy atom. The minimum atomic E-state index is -4.64. The Hall–Kier alpha value is -2.72. The molecule has 4 nitrogen and oxygen atoms in total. The first-order valence-electron chi connectivity index (χ1n) is 8.65. The topological polar surface area (TPSA) is 56.1 Å². The second kappa shape index (κ2) is 7.72. The number of nitriles is 1. The van der Waals surface area contributed by atoms with Crippen LogP contribution in [0.25, 0.3) is 0 Å². The second-order valence-corrected chi connectivity index (χ2v) is 7.10. The number of hydrogen-bond acceptors (Lipinski definition) is 2. The molecule has 2 aromatic rings. The average Bonchev–Trinajstić information content (AvgIpc) is 2.69. The lowest BCUT2D eigenvalue weighted by Crippen LogP contribution is -2.46. The molecule has 8 heteroatoms. The second-order valence-electron chi connectivity index (χ2n) is 6.66. The Balaban J connectivity index is 1.73. The number of alkyl halides is 3. The third-order valence-electron chi connectivity index (χ3n) is 4.97. The summed E-state index contributed by atoms with van der Waals surface area (Å²) >= 11 is 5.66. The van der Waals surface area contributed by atoms with Gasteiger partial charge in [-0.1, -0.05) is 41.9 Å². The number of urea groups is 1. The molecule has 1 N–H and O–H groups in total. The van der Waals surface area contributed by atoms with E-state index in [0.717, 1.165) is 17.7 Å². The zero-order chi connectivity index (χ0) is 20.4. The highest BCUT2D eigenvalue weighted by molar-refractivity contribution is 6.30. The molecule has 0 bridgehead atoms. The molecular weight excluding hydrogens is 391 g/mol. The van der Waals surface area contributed by atoms with Crippen LogP contribution in [0, 0.1) is 11.3 Å². The van der Waals surface area contributed by atoms with Gasteiger partial charge in [0.1, 0.15) is 0 Å². The van der Waals surface area contributed by atoms with E-state index in [1.54, 1.807) is 0 Å². The molecule has 1 aliphatic rings. The number of nitrogens with zero attached hydrogens (tertiary/aromatic N) is 2. The van der Waals surface area contributed by atoms with Crippen molar-refractivity contribution < 1.29 is 18.0 Å². The molecule has 2 amide bonds. The molecule has 0 aliphatic carbocycles. The minimum Gasteiger partial charge on any atom is -0.324 e. The summed E-state index contributed by atoms with van der Waals surface area (Å²) in [5.74, 6) is 0. The number of piperidine rings is 1. The summed E-state index contributed by atoms with van der Waals surface area (Å²) in [5, 5.41) is 12.0. The predicted octanol–water partition coefficient (Wildman–Crippen LogP) is 5.45.